The van der Waals surface area contributed by atoms with Gasteiger partial charge in [0.1, 0.15) is 11.1 Å². The number of para-hydroxylation sites is 1. The summed E-state index contributed by atoms with van der Waals surface area (Å²) in [5.41, 5.74) is 3.73. The lowest BCUT2D eigenvalue weighted by molar-refractivity contribution is -0.113. The number of anilines is 1. The van der Waals surface area contributed by atoms with Crippen molar-refractivity contribution in [2.75, 3.05) is 11.1 Å². The summed E-state index contributed by atoms with van der Waals surface area (Å²) >= 11 is 7.21. The zero-order valence-corrected chi connectivity index (χ0v) is 19.8. The van der Waals surface area contributed by atoms with Crippen molar-refractivity contribution in [2.24, 2.45) is 0 Å². The summed E-state index contributed by atoms with van der Waals surface area (Å²) in [7, 11) is 0. The molecular formula is C26H20ClN3O3S. The third-order valence-corrected chi connectivity index (χ3v) is 6.56. The molecule has 0 atom stereocenters. The number of nitrogens with one attached hydrogen (secondary N) is 1. The number of nitrogens with zero attached hydrogens (tertiary/aromatic N) is 2. The van der Waals surface area contributed by atoms with Crippen molar-refractivity contribution in [2.45, 2.75) is 18.6 Å². The molecule has 0 fully saturated rings. The first-order chi connectivity index (χ1) is 16.5. The number of aromatic nitrogens is 2. The van der Waals surface area contributed by atoms with E-state index in [0.717, 1.165) is 16.5 Å². The minimum Gasteiger partial charge on any atom is -0.448 e. The topological polar surface area (TPSA) is 77.1 Å². The van der Waals surface area contributed by atoms with Crippen LogP contribution in [0.15, 0.2) is 87.2 Å². The van der Waals surface area contributed by atoms with Gasteiger partial charge in [0.2, 0.25) is 11.5 Å². The van der Waals surface area contributed by atoms with Gasteiger partial charge < -0.3 is 9.73 Å². The predicted octanol–water partition coefficient (Wildman–Crippen LogP) is 5.88. The van der Waals surface area contributed by atoms with E-state index in [9.17, 15) is 9.59 Å². The Bertz CT molecular complexity index is 1570. The molecule has 2 aromatic heterocycles. The van der Waals surface area contributed by atoms with Gasteiger partial charge in [-0.2, -0.15) is 0 Å². The second kappa shape index (κ2) is 9.37. The van der Waals surface area contributed by atoms with Crippen LogP contribution in [0.5, 0.6) is 0 Å². The van der Waals surface area contributed by atoms with Crippen LogP contribution in [0.4, 0.5) is 5.69 Å². The van der Waals surface area contributed by atoms with Gasteiger partial charge in [-0.1, -0.05) is 71.4 Å². The molecule has 8 heteroatoms. The molecule has 3 aromatic carbocycles. The fraction of sp³-hybridized carbons (Fsp3) is 0.115. The molecule has 170 valence electrons. The van der Waals surface area contributed by atoms with Gasteiger partial charge in [0.05, 0.1) is 12.3 Å². The average molecular weight is 490 g/mol. The normalized spacial score (nSPS) is 11.2. The van der Waals surface area contributed by atoms with Gasteiger partial charge in [-0.05, 0) is 42.8 Å². The van der Waals surface area contributed by atoms with E-state index in [1.165, 1.54) is 11.8 Å². The SMILES string of the molecule is Cc1ccc(Cn2c(SCC(=O)Nc3cccc(Cl)c3)nc3c(oc4ccccc43)c2=O)cc1. The summed E-state index contributed by atoms with van der Waals surface area (Å²) in [6, 6.07) is 22.3. The van der Waals surface area contributed by atoms with Gasteiger partial charge >= 0.3 is 0 Å². The summed E-state index contributed by atoms with van der Waals surface area (Å²) in [5.74, 6) is -0.144. The number of hydrogen-bond acceptors (Lipinski definition) is 5. The number of fused-ring (bicyclic) bond motifs is 3. The zero-order chi connectivity index (χ0) is 23.7. The Morgan fingerprint density at radius 2 is 1.88 bits per heavy atom. The minimum atomic E-state index is -0.278. The molecule has 0 aliphatic rings. The molecule has 0 aliphatic heterocycles. The Balaban J connectivity index is 1.51. The van der Waals surface area contributed by atoms with Crippen LogP contribution >= 0.6 is 23.4 Å². The maximum Gasteiger partial charge on any atom is 0.298 e. The lowest BCUT2D eigenvalue weighted by atomic mass is 10.1. The van der Waals surface area contributed by atoms with E-state index < -0.39 is 0 Å². The minimum absolute atomic E-state index is 0.0775. The van der Waals surface area contributed by atoms with E-state index in [-0.39, 0.29) is 22.8 Å². The maximum absolute atomic E-state index is 13.5. The van der Waals surface area contributed by atoms with E-state index in [4.69, 9.17) is 21.0 Å². The van der Waals surface area contributed by atoms with Crippen molar-refractivity contribution in [3.05, 3.63) is 99.3 Å². The van der Waals surface area contributed by atoms with Crippen LogP contribution in [0.25, 0.3) is 22.1 Å². The largest absolute Gasteiger partial charge is 0.448 e. The van der Waals surface area contributed by atoms with Crippen molar-refractivity contribution in [3.8, 4) is 0 Å². The van der Waals surface area contributed by atoms with Crippen LogP contribution in [0.2, 0.25) is 5.02 Å². The van der Waals surface area contributed by atoms with Crippen LogP contribution in [-0.2, 0) is 11.3 Å². The fourth-order valence-electron chi connectivity index (χ4n) is 3.67. The Morgan fingerprint density at radius 1 is 1.09 bits per heavy atom. The van der Waals surface area contributed by atoms with E-state index in [0.29, 0.717) is 33.5 Å². The molecule has 0 saturated carbocycles. The molecule has 0 unspecified atom stereocenters. The molecule has 34 heavy (non-hydrogen) atoms. The number of halogens is 1. The summed E-state index contributed by atoms with van der Waals surface area (Å²) in [5, 5.41) is 4.58. The van der Waals surface area contributed by atoms with Crippen molar-refractivity contribution in [1.82, 2.24) is 9.55 Å². The maximum atomic E-state index is 13.5. The van der Waals surface area contributed by atoms with Crippen molar-refractivity contribution < 1.29 is 9.21 Å². The molecule has 0 spiro atoms. The highest BCUT2D eigenvalue weighted by molar-refractivity contribution is 7.99. The van der Waals surface area contributed by atoms with Crippen molar-refractivity contribution in [3.63, 3.8) is 0 Å². The van der Waals surface area contributed by atoms with Crippen LogP contribution in [0, 0.1) is 6.92 Å². The third kappa shape index (κ3) is 4.58. The number of benzene rings is 3. The number of aryl methyl sites for hydroxylation is 1. The van der Waals surface area contributed by atoms with E-state index in [1.54, 1.807) is 28.8 Å². The molecule has 2 heterocycles. The first-order valence-electron chi connectivity index (χ1n) is 10.6. The number of rotatable bonds is 6. The summed E-state index contributed by atoms with van der Waals surface area (Å²) in [6.45, 7) is 2.33. The molecule has 6 nitrogen and oxygen atoms in total. The lowest BCUT2D eigenvalue weighted by Gasteiger charge is -2.12. The van der Waals surface area contributed by atoms with Crippen LogP contribution in [-0.4, -0.2) is 21.2 Å². The number of carbonyl (C=O) groups excluding carboxylic acids is 1. The smallest absolute Gasteiger partial charge is 0.298 e. The standard InChI is InChI=1S/C26H20ClN3O3S/c1-16-9-11-17(12-10-16)14-30-25(32)24-23(20-7-2-3-8-21(20)33-24)29-26(30)34-15-22(31)28-19-6-4-5-18(27)13-19/h2-13H,14-15H2,1H3,(H,28,31). The van der Waals surface area contributed by atoms with Crippen LogP contribution in [0.1, 0.15) is 11.1 Å². The third-order valence-electron chi connectivity index (χ3n) is 5.35. The summed E-state index contributed by atoms with van der Waals surface area (Å²) in [6.07, 6.45) is 0. The van der Waals surface area contributed by atoms with Crippen LogP contribution < -0.4 is 10.9 Å². The molecule has 5 rings (SSSR count). The highest BCUT2D eigenvalue weighted by Gasteiger charge is 2.19. The number of carbonyl (C=O) groups is 1. The molecule has 0 saturated heterocycles. The molecule has 0 aliphatic carbocycles. The van der Waals surface area contributed by atoms with Gasteiger partial charge in [-0.25, -0.2) is 4.98 Å². The average Bonchev–Trinajstić information content (AvgIpc) is 3.20. The quantitative estimate of drug-likeness (QED) is 0.238. The van der Waals surface area contributed by atoms with Gasteiger partial charge in [-0.3, -0.25) is 14.2 Å². The van der Waals surface area contributed by atoms with Gasteiger partial charge in [0.25, 0.3) is 5.56 Å². The Hall–Kier alpha value is -3.55. The van der Waals surface area contributed by atoms with Crippen molar-refractivity contribution >= 4 is 57.0 Å². The van der Waals surface area contributed by atoms with E-state index in [1.807, 2.05) is 55.5 Å². The fourth-order valence-corrected chi connectivity index (χ4v) is 4.65. The molecule has 0 radical (unpaired) electrons. The Kier molecular flexibility index (Phi) is 6.13. The lowest BCUT2D eigenvalue weighted by Crippen LogP contribution is -2.24. The van der Waals surface area contributed by atoms with Gasteiger partial charge in [0, 0.05) is 16.1 Å². The number of thioether (sulfide) groups is 1. The molecule has 5 aromatic rings. The second-order valence-corrected chi connectivity index (χ2v) is 9.27. The summed E-state index contributed by atoms with van der Waals surface area (Å²) < 4.78 is 7.42. The van der Waals surface area contributed by atoms with E-state index >= 15 is 0 Å². The highest BCUT2D eigenvalue weighted by atomic mass is 35.5. The second-order valence-electron chi connectivity index (χ2n) is 7.89. The molecular weight excluding hydrogens is 470 g/mol. The van der Waals surface area contributed by atoms with Crippen molar-refractivity contribution in [1.29, 1.82) is 0 Å². The first kappa shape index (κ1) is 22.3. The van der Waals surface area contributed by atoms with Gasteiger partial charge in [0.15, 0.2) is 5.16 Å². The van der Waals surface area contributed by atoms with Crippen LogP contribution in [0.3, 0.4) is 0 Å². The number of furan rings is 1. The van der Waals surface area contributed by atoms with Gasteiger partial charge in [-0.15, -0.1) is 0 Å². The number of amides is 1. The predicted molar refractivity (Wildman–Crippen MR) is 137 cm³/mol. The monoisotopic (exact) mass is 489 g/mol. The first-order valence-corrected chi connectivity index (χ1v) is 12.0. The number of hydrogen-bond donors (Lipinski definition) is 1. The molecule has 0 bridgehead atoms. The Morgan fingerprint density at radius 3 is 2.68 bits per heavy atom. The van der Waals surface area contributed by atoms with E-state index in [2.05, 4.69) is 5.32 Å². The highest BCUT2D eigenvalue weighted by Crippen LogP contribution is 2.28. The Labute approximate surface area is 204 Å². The zero-order valence-electron chi connectivity index (χ0n) is 18.2. The molecule has 1 N–H and O–H groups in total. The summed E-state index contributed by atoms with van der Waals surface area (Å²) in [4.78, 5) is 30.8. The molecule has 1 amide bonds.